The molecule has 0 atom stereocenters. The number of carbonyl (C=O) groups is 1. The summed E-state index contributed by atoms with van der Waals surface area (Å²) in [5.74, 6) is 0.0371. The number of rotatable bonds is 2. The van der Waals surface area contributed by atoms with Crippen LogP contribution in [0.5, 0.6) is 0 Å². The summed E-state index contributed by atoms with van der Waals surface area (Å²) >= 11 is 1.44. The second kappa shape index (κ2) is 4.02. The SMILES string of the molecule is Cc1nnc2sc(C(=O)NC3CC3)c(C)c2c1C. The standard InChI is InChI=1S/C13H15N3OS/c1-6-8(3)15-16-13-10(6)7(2)11(18-13)12(17)14-9-4-5-9/h9H,4-5H2,1-3H3,(H,14,17). The maximum absolute atomic E-state index is 12.1. The molecule has 0 aromatic carbocycles. The van der Waals surface area contributed by atoms with Crippen LogP contribution in [0.25, 0.3) is 10.2 Å². The summed E-state index contributed by atoms with van der Waals surface area (Å²) in [6.45, 7) is 5.98. The number of thiophene rings is 1. The van der Waals surface area contributed by atoms with E-state index < -0.39 is 0 Å². The number of amides is 1. The number of hydrogen-bond acceptors (Lipinski definition) is 4. The quantitative estimate of drug-likeness (QED) is 0.903. The zero-order valence-electron chi connectivity index (χ0n) is 10.7. The predicted molar refractivity (Wildman–Crippen MR) is 72.1 cm³/mol. The molecule has 0 unspecified atom stereocenters. The highest BCUT2D eigenvalue weighted by atomic mass is 32.1. The zero-order chi connectivity index (χ0) is 12.9. The van der Waals surface area contributed by atoms with Crippen molar-refractivity contribution in [2.24, 2.45) is 0 Å². The summed E-state index contributed by atoms with van der Waals surface area (Å²) < 4.78 is 0. The molecule has 1 aliphatic carbocycles. The number of nitrogens with zero attached hydrogens (tertiary/aromatic N) is 2. The summed E-state index contributed by atoms with van der Waals surface area (Å²) in [5, 5.41) is 12.4. The Morgan fingerprint density at radius 2 is 1.94 bits per heavy atom. The molecule has 0 saturated heterocycles. The number of hydrogen-bond donors (Lipinski definition) is 1. The lowest BCUT2D eigenvalue weighted by Gasteiger charge is -2.02. The molecule has 0 bridgehead atoms. The van der Waals surface area contributed by atoms with E-state index in [0.717, 1.165) is 44.8 Å². The Labute approximate surface area is 109 Å². The second-order valence-electron chi connectivity index (χ2n) is 4.89. The molecular formula is C13H15N3OS. The largest absolute Gasteiger partial charge is 0.349 e. The first-order valence-electron chi connectivity index (χ1n) is 6.11. The van der Waals surface area contributed by atoms with Crippen molar-refractivity contribution in [1.82, 2.24) is 15.5 Å². The third-order valence-electron chi connectivity index (χ3n) is 3.46. The van der Waals surface area contributed by atoms with E-state index in [0.29, 0.717) is 6.04 Å². The van der Waals surface area contributed by atoms with Crippen molar-refractivity contribution in [2.75, 3.05) is 0 Å². The molecule has 2 heterocycles. The molecule has 1 saturated carbocycles. The molecule has 18 heavy (non-hydrogen) atoms. The summed E-state index contributed by atoms with van der Waals surface area (Å²) in [6, 6.07) is 0.385. The maximum Gasteiger partial charge on any atom is 0.261 e. The lowest BCUT2D eigenvalue weighted by atomic mass is 10.1. The van der Waals surface area contributed by atoms with Gasteiger partial charge in [0.1, 0.15) is 4.83 Å². The van der Waals surface area contributed by atoms with E-state index >= 15 is 0 Å². The third-order valence-corrected chi connectivity index (χ3v) is 4.63. The average Bonchev–Trinajstić information content (AvgIpc) is 3.07. The van der Waals surface area contributed by atoms with Gasteiger partial charge in [-0.3, -0.25) is 4.79 Å². The van der Waals surface area contributed by atoms with Crippen LogP contribution in [0, 0.1) is 20.8 Å². The van der Waals surface area contributed by atoms with Crippen molar-refractivity contribution >= 4 is 27.5 Å². The van der Waals surface area contributed by atoms with Gasteiger partial charge in [0.2, 0.25) is 0 Å². The zero-order valence-corrected chi connectivity index (χ0v) is 11.5. The van der Waals surface area contributed by atoms with Gasteiger partial charge in [-0.25, -0.2) is 0 Å². The summed E-state index contributed by atoms with van der Waals surface area (Å²) in [7, 11) is 0. The molecule has 94 valence electrons. The van der Waals surface area contributed by atoms with Gasteiger partial charge in [-0.05, 0) is 44.7 Å². The van der Waals surface area contributed by atoms with E-state index in [1.807, 2.05) is 20.8 Å². The predicted octanol–water partition coefficient (Wildman–Crippen LogP) is 2.51. The first kappa shape index (κ1) is 11.6. The number of aryl methyl sites for hydroxylation is 3. The van der Waals surface area contributed by atoms with E-state index in [9.17, 15) is 4.79 Å². The number of carbonyl (C=O) groups excluding carboxylic acids is 1. The van der Waals surface area contributed by atoms with E-state index in [4.69, 9.17) is 0 Å². The smallest absolute Gasteiger partial charge is 0.261 e. The van der Waals surface area contributed by atoms with E-state index in [-0.39, 0.29) is 5.91 Å². The molecule has 3 rings (SSSR count). The number of nitrogens with one attached hydrogen (secondary N) is 1. The van der Waals surface area contributed by atoms with Crippen LogP contribution in [0.3, 0.4) is 0 Å². The fourth-order valence-corrected chi connectivity index (χ4v) is 3.17. The van der Waals surface area contributed by atoms with Crippen LogP contribution in [-0.4, -0.2) is 22.1 Å². The van der Waals surface area contributed by atoms with Crippen molar-refractivity contribution in [1.29, 1.82) is 0 Å². The summed E-state index contributed by atoms with van der Waals surface area (Å²) in [4.78, 5) is 13.8. The normalized spacial score (nSPS) is 15.1. The molecule has 4 nitrogen and oxygen atoms in total. The van der Waals surface area contributed by atoms with E-state index in [1.165, 1.54) is 11.3 Å². The van der Waals surface area contributed by atoms with Crippen molar-refractivity contribution in [3.63, 3.8) is 0 Å². The molecule has 2 aromatic rings. The van der Waals surface area contributed by atoms with Crippen LogP contribution in [0.1, 0.15) is 39.3 Å². The van der Waals surface area contributed by atoms with Gasteiger partial charge in [0.25, 0.3) is 5.91 Å². The number of aromatic nitrogens is 2. The van der Waals surface area contributed by atoms with Crippen LogP contribution < -0.4 is 5.32 Å². The highest BCUT2D eigenvalue weighted by molar-refractivity contribution is 7.20. The number of fused-ring (bicyclic) bond motifs is 1. The molecule has 1 aliphatic rings. The molecule has 2 aromatic heterocycles. The Balaban J connectivity index is 2.10. The molecule has 1 N–H and O–H groups in total. The van der Waals surface area contributed by atoms with Crippen molar-refractivity contribution in [3.05, 3.63) is 21.7 Å². The van der Waals surface area contributed by atoms with Crippen LogP contribution in [-0.2, 0) is 0 Å². The highest BCUT2D eigenvalue weighted by Gasteiger charge is 2.26. The fraction of sp³-hybridized carbons (Fsp3) is 0.462. The Morgan fingerprint density at radius 3 is 2.61 bits per heavy atom. The third kappa shape index (κ3) is 1.79. The minimum absolute atomic E-state index is 0.0371. The van der Waals surface area contributed by atoms with Gasteiger partial charge in [0, 0.05) is 11.4 Å². The average molecular weight is 261 g/mol. The van der Waals surface area contributed by atoms with E-state index in [2.05, 4.69) is 15.5 Å². The minimum Gasteiger partial charge on any atom is -0.349 e. The Bertz CT molecular complexity index is 643. The van der Waals surface area contributed by atoms with Gasteiger partial charge < -0.3 is 5.32 Å². The van der Waals surface area contributed by atoms with Crippen LogP contribution in [0.4, 0.5) is 0 Å². The molecule has 0 radical (unpaired) electrons. The van der Waals surface area contributed by atoms with Gasteiger partial charge in [-0.1, -0.05) is 0 Å². The highest BCUT2D eigenvalue weighted by Crippen LogP contribution is 2.32. The van der Waals surface area contributed by atoms with Crippen molar-refractivity contribution < 1.29 is 4.79 Å². The van der Waals surface area contributed by atoms with Crippen molar-refractivity contribution in [2.45, 2.75) is 39.7 Å². The summed E-state index contributed by atoms with van der Waals surface area (Å²) in [5.41, 5.74) is 3.08. The van der Waals surface area contributed by atoms with Gasteiger partial charge in [-0.15, -0.1) is 16.4 Å². The fourth-order valence-electron chi connectivity index (χ4n) is 2.08. The van der Waals surface area contributed by atoms with Gasteiger partial charge >= 0.3 is 0 Å². The lowest BCUT2D eigenvalue weighted by Crippen LogP contribution is -2.24. The van der Waals surface area contributed by atoms with Crippen LogP contribution in [0.2, 0.25) is 0 Å². The van der Waals surface area contributed by atoms with E-state index in [1.54, 1.807) is 0 Å². The minimum atomic E-state index is 0.0371. The Kier molecular flexibility index (Phi) is 2.59. The molecule has 5 heteroatoms. The molecular weight excluding hydrogens is 246 g/mol. The molecule has 1 amide bonds. The lowest BCUT2D eigenvalue weighted by molar-refractivity contribution is 0.0954. The van der Waals surface area contributed by atoms with Gasteiger partial charge in [0.05, 0.1) is 10.6 Å². The topological polar surface area (TPSA) is 54.9 Å². The van der Waals surface area contributed by atoms with Gasteiger partial charge in [-0.2, -0.15) is 5.10 Å². The molecule has 1 fully saturated rings. The Hall–Kier alpha value is -1.49. The Morgan fingerprint density at radius 1 is 1.22 bits per heavy atom. The monoisotopic (exact) mass is 261 g/mol. The van der Waals surface area contributed by atoms with Gasteiger partial charge in [0.15, 0.2) is 0 Å². The van der Waals surface area contributed by atoms with Crippen molar-refractivity contribution in [3.8, 4) is 0 Å². The second-order valence-corrected chi connectivity index (χ2v) is 5.89. The van der Waals surface area contributed by atoms with Crippen LogP contribution >= 0.6 is 11.3 Å². The van der Waals surface area contributed by atoms with Crippen LogP contribution in [0.15, 0.2) is 0 Å². The molecule has 0 aliphatic heterocycles. The molecule has 0 spiro atoms. The first-order chi connectivity index (χ1) is 8.58. The first-order valence-corrected chi connectivity index (χ1v) is 6.93. The summed E-state index contributed by atoms with van der Waals surface area (Å²) in [6.07, 6.45) is 2.21. The maximum atomic E-state index is 12.1.